The number of carbonyl (C=O) groups is 1. The number of allylic oxidation sites excluding steroid dienone is 3. The van der Waals surface area contributed by atoms with Gasteiger partial charge in [0.05, 0.1) is 28.6 Å². The van der Waals surface area contributed by atoms with Crippen molar-refractivity contribution in [3.05, 3.63) is 69.8 Å². The summed E-state index contributed by atoms with van der Waals surface area (Å²) >= 11 is 6.66. The number of hydrogen-bond donors (Lipinski definition) is 3. The van der Waals surface area contributed by atoms with Crippen molar-refractivity contribution in [2.75, 3.05) is 24.6 Å². The number of fused-ring (bicyclic) bond motifs is 1. The molecule has 5 unspecified atom stereocenters. The van der Waals surface area contributed by atoms with Crippen LogP contribution in [0.4, 0.5) is 49.7 Å². The van der Waals surface area contributed by atoms with Gasteiger partial charge in [0.25, 0.3) is 0 Å². The largest absolute Gasteiger partial charge is 0.431 e. The van der Waals surface area contributed by atoms with E-state index in [9.17, 15) is 57.1 Å². The summed E-state index contributed by atoms with van der Waals surface area (Å²) in [5, 5.41) is 9.11. The van der Waals surface area contributed by atoms with Gasteiger partial charge in [-0.3, -0.25) is 19.2 Å². The molecule has 1 heterocycles. The maximum absolute atomic E-state index is 14.3. The quantitative estimate of drug-likeness (QED) is 0.122. The lowest BCUT2D eigenvalue weighted by Gasteiger charge is -2.24. The molecule has 10 nitrogen and oxygen atoms in total. The number of benzene rings is 1. The molecule has 0 aliphatic heterocycles. The smallest absolute Gasteiger partial charge is 0.346 e. The van der Waals surface area contributed by atoms with Crippen LogP contribution in [0.2, 0.25) is 0 Å². The number of rotatable bonds is 15. The standard InChI is InChI=1S/C35H38ClF10N7O3S/c1-6-21(22-8-7-16(2)29(36)28-31(22)53(15-34(41,42)43)51-33(28)52-57(5,55)56)30(47-4)24(11-18-9-19(37)12-20(38)10-18)49-26(54)14-48-50-25(35(44,45)46)13-23-17(3)27(23)32(39)40/h6-10,12,16-17,23-24,27,32,48H,11,13-15H2,1-5H3,(H,49,54)(H,51,52)/b21-6-,47-30+,50-25+. The van der Waals surface area contributed by atoms with Crippen molar-refractivity contribution in [2.24, 2.45) is 33.8 Å². The van der Waals surface area contributed by atoms with Crippen LogP contribution in [0.3, 0.4) is 0 Å². The van der Waals surface area contributed by atoms with Crippen molar-refractivity contribution in [3.63, 3.8) is 0 Å². The van der Waals surface area contributed by atoms with E-state index in [4.69, 9.17) is 11.6 Å². The Bertz CT molecular complexity index is 2200. The number of hydrazone groups is 1. The average molecular weight is 862 g/mol. The summed E-state index contributed by atoms with van der Waals surface area (Å²) in [6, 6.07) is 1.06. The van der Waals surface area contributed by atoms with Gasteiger partial charge in [0.1, 0.15) is 30.4 Å². The number of halogens is 11. The first kappa shape index (κ1) is 45.3. The minimum Gasteiger partial charge on any atom is -0.346 e. The minimum absolute atomic E-state index is 0.0162. The van der Waals surface area contributed by atoms with Gasteiger partial charge in [0, 0.05) is 47.5 Å². The molecule has 0 bridgehead atoms. The van der Waals surface area contributed by atoms with Crippen LogP contribution >= 0.6 is 11.6 Å². The molecule has 4 rings (SSSR count). The van der Waals surface area contributed by atoms with Crippen LogP contribution in [0.15, 0.2) is 52.1 Å². The molecule has 2 aliphatic rings. The van der Waals surface area contributed by atoms with Crippen molar-refractivity contribution in [1.29, 1.82) is 0 Å². The number of aromatic nitrogens is 2. The van der Waals surface area contributed by atoms with E-state index < -0.39 is 114 Å². The Kier molecular flexibility index (Phi) is 14.0. The molecule has 1 fully saturated rings. The number of sulfonamides is 1. The maximum Gasteiger partial charge on any atom is 0.431 e. The molecule has 314 valence electrons. The highest BCUT2D eigenvalue weighted by atomic mass is 35.5. The molecule has 0 radical (unpaired) electrons. The molecule has 22 heteroatoms. The Morgan fingerprint density at radius 1 is 1.09 bits per heavy atom. The van der Waals surface area contributed by atoms with Gasteiger partial charge in [-0.05, 0) is 42.9 Å². The van der Waals surface area contributed by atoms with E-state index in [1.807, 2.05) is 5.43 Å². The predicted octanol–water partition coefficient (Wildman–Crippen LogP) is 5.59. The fraction of sp³-hybridized carbons (Fsp3) is 0.486. The van der Waals surface area contributed by atoms with E-state index in [0.29, 0.717) is 10.7 Å². The van der Waals surface area contributed by atoms with Crippen LogP contribution in [0, 0.1) is 35.3 Å². The van der Waals surface area contributed by atoms with E-state index in [0.717, 1.165) is 18.4 Å². The van der Waals surface area contributed by atoms with E-state index >= 15 is 0 Å². The fourth-order valence-corrected chi connectivity index (χ4v) is 7.39. The molecule has 1 aromatic carbocycles. The molecular weight excluding hydrogens is 824 g/mol. The highest BCUT2D eigenvalue weighted by molar-refractivity contribution is 7.92. The number of hydrogen-bond acceptors (Lipinski definition) is 7. The topological polar surface area (TPSA) is 130 Å². The van der Waals surface area contributed by atoms with Crippen LogP contribution in [-0.2, 0) is 27.8 Å². The van der Waals surface area contributed by atoms with Crippen LogP contribution in [0.1, 0.15) is 32.8 Å². The Hall–Kier alpha value is -4.40. The first-order valence-electron chi connectivity index (χ1n) is 17.1. The molecule has 3 N–H and O–H groups in total. The summed E-state index contributed by atoms with van der Waals surface area (Å²) < 4.78 is 165. The van der Waals surface area contributed by atoms with E-state index in [-0.39, 0.29) is 38.0 Å². The number of carbonyl (C=O) groups excluding carboxylic acids is 1. The zero-order chi connectivity index (χ0) is 42.8. The Morgan fingerprint density at radius 2 is 1.72 bits per heavy atom. The highest BCUT2D eigenvalue weighted by Crippen LogP contribution is 2.52. The Balaban J connectivity index is 1.82. The number of nitrogens with zero attached hydrogens (tertiary/aromatic N) is 4. The van der Waals surface area contributed by atoms with Crippen LogP contribution < -0.4 is 26.0 Å². The van der Waals surface area contributed by atoms with Crippen molar-refractivity contribution < 1.29 is 57.1 Å². The molecule has 57 heavy (non-hydrogen) atoms. The monoisotopic (exact) mass is 861 g/mol. The second kappa shape index (κ2) is 17.6. The summed E-state index contributed by atoms with van der Waals surface area (Å²) in [6.45, 7) is 1.78. The molecule has 2 aliphatic carbocycles. The number of anilines is 1. The third-order valence-corrected chi connectivity index (χ3v) is 10.4. The lowest BCUT2D eigenvalue weighted by molar-refractivity contribution is -0.143. The molecule has 1 amide bonds. The van der Waals surface area contributed by atoms with Crippen LogP contribution in [0.5, 0.6) is 0 Å². The molecule has 0 spiro atoms. The molecule has 2 aromatic rings. The molecule has 1 aromatic heterocycles. The highest BCUT2D eigenvalue weighted by Gasteiger charge is 2.54. The van der Waals surface area contributed by atoms with Crippen LogP contribution in [0.25, 0.3) is 10.6 Å². The van der Waals surface area contributed by atoms with Gasteiger partial charge in [-0.2, -0.15) is 36.5 Å². The maximum atomic E-state index is 14.3. The zero-order valence-corrected chi connectivity index (χ0v) is 32.4. The number of nitrogens with one attached hydrogen (secondary N) is 3. The third kappa shape index (κ3) is 11.6. The van der Waals surface area contributed by atoms with Gasteiger partial charge in [0.15, 0.2) is 5.82 Å². The first-order valence-corrected chi connectivity index (χ1v) is 19.4. The molecule has 0 saturated heterocycles. The zero-order valence-electron chi connectivity index (χ0n) is 30.8. The summed E-state index contributed by atoms with van der Waals surface area (Å²) in [5.41, 5.74) is 0.397. The summed E-state index contributed by atoms with van der Waals surface area (Å²) in [4.78, 5) is 17.6. The number of aliphatic imine (C=N–C) groups is 1. The third-order valence-electron chi connectivity index (χ3n) is 9.27. The van der Waals surface area contributed by atoms with E-state index in [1.54, 1.807) is 6.92 Å². The van der Waals surface area contributed by atoms with Gasteiger partial charge in [-0.1, -0.05) is 43.7 Å². The molecule has 1 saturated carbocycles. The van der Waals surface area contributed by atoms with Crippen molar-refractivity contribution in [1.82, 2.24) is 20.5 Å². The summed E-state index contributed by atoms with van der Waals surface area (Å²) in [6.07, 6.45) is -8.98. The second-order valence-electron chi connectivity index (χ2n) is 13.6. The van der Waals surface area contributed by atoms with Crippen molar-refractivity contribution in [3.8, 4) is 0 Å². The van der Waals surface area contributed by atoms with Gasteiger partial charge < -0.3 is 10.7 Å². The first-order chi connectivity index (χ1) is 26.3. The van der Waals surface area contributed by atoms with E-state index in [2.05, 4.69) is 25.2 Å². The second-order valence-corrected chi connectivity index (χ2v) is 15.7. The minimum atomic E-state index is -5.03. The normalized spacial score (nSPS) is 21.4. The SMILES string of the molecule is C/C=C(C1=c2c(c(NS(C)(=O)=O)nn2CC(F)(F)F)=C(Cl)C(C)C=C1)\C(=N/C)C(Cc1cc(F)cc(F)c1)NC(=O)CN/N=C(\CC1C(C)C1C(F)F)C(F)(F)F. The van der Waals surface area contributed by atoms with E-state index in [1.165, 1.54) is 39.1 Å². The van der Waals surface area contributed by atoms with Gasteiger partial charge in [0.2, 0.25) is 22.4 Å². The van der Waals surface area contributed by atoms with Gasteiger partial charge in [-0.15, -0.1) is 0 Å². The molecule has 5 atom stereocenters. The van der Waals surface area contributed by atoms with Crippen molar-refractivity contribution >= 4 is 55.4 Å². The summed E-state index contributed by atoms with van der Waals surface area (Å²) in [7, 11) is -2.89. The fourth-order valence-electron chi connectivity index (χ4n) is 6.65. The average Bonchev–Trinajstić information content (AvgIpc) is 3.62. The predicted molar refractivity (Wildman–Crippen MR) is 194 cm³/mol. The summed E-state index contributed by atoms with van der Waals surface area (Å²) in [5.74, 6) is -7.19. The van der Waals surface area contributed by atoms with Gasteiger partial charge in [-0.25, -0.2) is 26.0 Å². The Morgan fingerprint density at radius 3 is 2.23 bits per heavy atom. The molecular formula is C35H38ClF10N7O3S. The van der Waals surface area contributed by atoms with Gasteiger partial charge >= 0.3 is 12.4 Å². The number of amides is 1. The van der Waals surface area contributed by atoms with Crippen molar-refractivity contribution in [2.45, 2.75) is 65.0 Å². The lowest BCUT2D eigenvalue weighted by atomic mass is 9.91. The van der Waals surface area contributed by atoms with Crippen LogP contribution in [-0.4, -0.2) is 80.2 Å². The Labute approximate surface area is 325 Å². The number of alkyl halides is 8. The lowest BCUT2D eigenvalue weighted by Crippen LogP contribution is -2.47.